The molecule has 9 heteroatoms. The Kier molecular flexibility index (Phi) is 6.67. The first-order chi connectivity index (χ1) is 13.3. The second-order valence-electron chi connectivity index (χ2n) is 7.29. The van der Waals surface area contributed by atoms with Crippen LogP contribution in [0.1, 0.15) is 51.5 Å². The van der Waals surface area contributed by atoms with Gasteiger partial charge in [-0.3, -0.25) is 4.79 Å². The summed E-state index contributed by atoms with van der Waals surface area (Å²) in [5, 5.41) is 0.731. The van der Waals surface area contributed by atoms with Gasteiger partial charge in [0.1, 0.15) is 0 Å². The molecule has 0 aliphatic heterocycles. The maximum Gasteiger partial charge on any atom is 0.242 e. The van der Waals surface area contributed by atoms with Gasteiger partial charge in [0.05, 0.1) is 21.7 Å². The number of carbonyl (C=O) groups is 1. The molecule has 0 unspecified atom stereocenters. The highest BCUT2D eigenvalue weighted by Gasteiger charge is 2.26. The van der Waals surface area contributed by atoms with Crippen molar-refractivity contribution in [3.05, 3.63) is 18.2 Å². The lowest BCUT2D eigenvalue weighted by Gasteiger charge is -2.17. The maximum atomic E-state index is 12.9. The van der Waals surface area contributed by atoms with Crippen molar-refractivity contribution in [2.75, 3.05) is 19.3 Å². The fraction of sp³-hybridized carbons (Fsp3) is 0.579. The van der Waals surface area contributed by atoms with Crippen LogP contribution in [-0.4, -0.2) is 47.5 Å². The van der Waals surface area contributed by atoms with Crippen molar-refractivity contribution >= 4 is 38.7 Å². The minimum atomic E-state index is -3.55. The predicted octanol–water partition coefficient (Wildman–Crippen LogP) is 3.15. The molecule has 1 saturated carbocycles. The SMILES string of the molecule is CCCCN(C)S(=O)(=O)c1ccc2c(c1)nc(SCC(N)=O)n2C1CCCC1. The third-order valence-electron chi connectivity index (χ3n) is 5.20. The van der Waals surface area contributed by atoms with E-state index in [4.69, 9.17) is 5.73 Å². The zero-order chi connectivity index (χ0) is 20.3. The summed E-state index contributed by atoms with van der Waals surface area (Å²) in [5.74, 6) is -0.239. The highest BCUT2D eigenvalue weighted by atomic mass is 32.2. The number of imidazole rings is 1. The molecule has 1 amide bonds. The molecule has 0 atom stereocenters. The van der Waals surface area contributed by atoms with Crippen LogP contribution in [0.4, 0.5) is 0 Å². The monoisotopic (exact) mass is 424 g/mol. The van der Waals surface area contributed by atoms with Crippen molar-refractivity contribution in [2.24, 2.45) is 5.73 Å². The van der Waals surface area contributed by atoms with Crippen LogP contribution in [0, 0.1) is 0 Å². The van der Waals surface area contributed by atoms with E-state index in [0.29, 0.717) is 18.1 Å². The Morgan fingerprint density at radius 2 is 2.07 bits per heavy atom. The lowest BCUT2D eigenvalue weighted by atomic mass is 10.2. The highest BCUT2D eigenvalue weighted by Crippen LogP contribution is 2.37. The van der Waals surface area contributed by atoms with E-state index in [1.807, 2.05) is 13.0 Å². The van der Waals surface area contributed by atoms with E-state index in [2.05, 4.69) is 9.55 Å². The van der Waals surface area contributed by atoms with Gasteiger partial charge < -0.3 is 10.3 Å². The number of hydrogen-bond acceptors (Lipinski definition) is 5. The quantitative estimate of drug-likeness (QED) is 0.624. The molecule has 2 N–H and O–H groups in total. The standard InChI is InChI=1S/C19H28N4O3S2/c1-3-4-11-22(2)28(25,26)15-9-10-17-16(12-15)21-19(27-13-18(20)24)23(17)14-7-5-6-8-14/h9-10,12,14H,3-8,11,13H2,1-2H3,(H2,20,24). The number of hydrogen-bond donors (Lipinski definition) is 1. The van der Waals surface area contributed by atoms with E-state index >= 15 is 0 Å². The molecule has 1 fully saturated rings. The van der Waals surface area contributed by atoms with Crippen LogP contribution in [-0.2, 0) is 14.8 Å². The molecule has 0 radical (unpaired) electrons. The molecule has 1 aromatic carbocycles. The Labute approximate surface area is 170 Å². The molecule has 1 aliphatic rings. The van der Waals surface area contributed by atoms with E-state index < -0.39 is 15.9 Å². The summed E-state index contributed by atoms with van der Waals surface area (Å²) in [6.45, 7) is 2.53. The Hall–Kier alpha value is -1.58. The molecule has 1 aliphatic carbocycles. The zero-order valence-electron chi connectivity index (χ0n) is 16.4. The minimum Gasteiger partial charge on any atom is -0.369 e. The molecule has 1 heterocycles. The van der Waals surface area contributed by atoms with E-state index in [1.165, 1.54) is 28.9 Å². The number of benzene rings is 1. The first-order valence-corrected chi connectivity index (χ1v) is 12.2. The highest BCUT2D eigenvalue weighted by molar-refractivity contribution is 7.99. The summed E-state index contributed by atoms with van der Waals surface area (Å²) in [4.78, 5) is 16.2. The summed E-state index contributed by atoms with van der Waals surface area (Å²) in [7, 11) is -1.94. The number of amides is 1. The first kappa shape index (κ1) is 21.1. The molecule has 154 valence electrons. The molecule has 0 saturated heterocycles. The van der Waals surface area contributed by atoms with Crippen LogP contribution in [0.25, 0.3) is 11.0 Å². The van der Waals surface area contributed by atoms with Gasteiger partial charge >= 0.3 is 0 Å². The van der Waals surface area contributed by atoms with Crippen molar-refractivity contribution in [3.63, 3.8) is 0 Å². The number of nitrogens with zero attached hydrogens (tertiary/aromatic N) is 3. The number of thioether (sulfide) groups is 1. The number of sulfonamides is 1. The van der Waals surface area contributed by atoms with Gasteiger partial charge in [-0.1, -0.05) is 37.9 Å². The van der Waals surface area contributed by atoms with Crippen molar-refractivity contribution in [2.45, 2.75) is 61.5 Å². The van der Waals surface area contributed by atoms with Gasteiger partial charge in [-0.05, 0) is 37.5 Å². The molecular weight excluding hydrogens is 396 g/mol. The molecule has 1 aromatic heterocycles. The van der Waals surface area contributed by atoms with Crippen LogP contribution >= 0.6 is 11.8 Å². The van der Waals surface area contributed by atoms with Crippen LogP contribution in [0.2, 0.25) is 0 Å². The van der Waals surface area contributed by atoms with E-state index in [-0.39, 0.29) is 10.6 Å². The van der Waals surface area contributed by atoms with E-state index in [0.717, 1.165) is 36.4 Å². The average Bonchev–Trinajstić information content (AvgIpc) is 3.30. The number of primary amides is 1. The van der Waals surface area contributed by atoms with Crippen LogP contribution < -0.4 is 5.73 Å². The van der Waals surface area contributed by atoms with Gasteiger partial charge in [0.2, 0.25) is 15.9 Å². The second-order valence-corrected chi connectivity index (χ2v) is 10.3. The minimum absolute atomic E-state index is 0.154. The number of nitrogens with two attached hydrogens (primary N) is 1. The zero-order valence-corrected chi connectivity index (χ0v) is 18.1. The van der Waals surface area contributed by atoms with Gasteiger partial charge in [-0.2, -0.15) is 0 Å². The normalized spacial score (nSPS) is 15.7. The number of carbonyl (C=O) groups excluding carboxylic acids is 1. The number of fused-ring (bicyclic) bond motifs is 1. The molecule has 3 rings (SSSR count). The summed E-state index contributed by atoms with van der Waals surface area (Å²) in [6.07, 6.45) is 6.22. The Morgan fingerprint density at radius 1 is 1.36 bits per heavy atom. The van der Waals surface area contributed by atoms with Gasteiger partial charge in [0.25, 0.3) is 0 Å². The predicted molar refractivity (Wildman–Crippen MR) is 112 cm³/mol. The molecular formula is C19H28N4O3S2. The van der Waals surface area contributed by atoms with Gasteiger partial charge in [0.15, 0.2) is 5.16 Å². The van der Waals surface area contributed by atoms with E-state index in [1.54, 1.807) is 19.2 Å². The maximum absolute atomic E-state index is 12.9. The average molecular weight is 425 g/mol. The van der Waals surface area contributed by atoms with Crippen molar-refractivity contribution in [3.8, 4) is 0 Å². The summed E-state index contributed by atoms with van der Waals surface area (Å²) in [5.41, 5.74) is 6.86. The Balaban J connectivity index is 2.00. The van der Waals surface area contributed by atoms with Crippen LogP contribution in [0.15, 0.2) is 28.3 Å². The largest absolute Gasteiger partial charge is 0.369 e. The lowest BCUT2D eigenvalue weighted by molar-refractivity contribution is -0.115. The lowest BCUT2D eigenvalue weighted by Crippen LogP contribution is -2.27. The van der Waals surface area contributed by atoms with E-state index in [9.17, 15) is 13.2 Å². The summed E-state index contributed by atoms with van der Waals surface area (Å²) in [6, 6.07) is 5.48. The molecule has 0 spiro atoms. The summed E-state index contributed by atoms with van der Waals surface area (Å²) >= 11 is 1.32. The van der Waals surface area contributed by atoms with Crippen molar-refractivity contribution in [1.29, 1.82) is 0 Å². The van der Waals surface area contributed by atoms with Crippen LogP contribution in [0.3, 0.4) is 0 Å². The number of aromatic nitrogens is 2. The van der Waals surface area contributed by atoms with Gasteiger partial charge in [0, 0.05) is 19.6 Å². The summed E-state index contributed by atoms with van der Waals surface area (Å²) < 4.78 is 29.3. The Bertz CT molecular complexity index is 949. The smallest absolute Gasteiger partial charge is 0.242 e. The van der Waals surface area contributed by atoms with Crippen LogP contribution in [0.5, 0.6) is 0 Å². The fourth-order valence-corrected chi connectivity index (χ4v) is 5.70. The molecule has 2 aromatic rings. The second kappa shape index (κ2) is 8.84. The number of unbranched alkanes of at least 4 members (excludes halogenated alkanes) is 1. The fourth-order valence-electron chi connectivity index (χ4n) is 3.65. The number of rotatable bonds is 9. The third-order valence-corrected chi connectivity index (χ3v) is 8.02. The first-order valence-electron chi connectivity index (χ1n) is 9.74. The topological polar surface area (TPSA) is 98.3 Å². The van der Waals surface area contributed by atoms with Gasteiger partial charge in [-0.25, -0.2) is 17.7 Å². The third kappa shape index (κ3) is 4.36. The van der Waals surface area contributed by atoms with Crippen molar-refractivity contribution < 1.29 is 13.2 Å². The van der Waals surface area contributed by atoms with Gasteiger partial charge in [-0.15, -0.1) is 0 Å². The molecule has 7 nitrogen and oxygen atoms in total. The molecule has 28 heavy (non-hydrogen) atoms. The Morgan fingerprint density at radius 3 is 2.71 bits per heavy atom. The molecule has 0 bridgehead atoms. The van der Waals surface area contributed by atoms with Crippen molar-refractivity contribution in [1.82, 2.24) is 13.9 Å².